The van der Waals surface area contributed by atoms with Gasteiger partial charge in [0.15, 0.2) is 0 Å². The van der Waals surface area contributed by atoms with Gasteiger partial charge in [-0.1, -0.05) is 48.8 Å². The van der Waals surface area contributed by atoms with Crippen molar-refractivity contribution in [3.05, 3.63) is 47.7 Å². The van der Waals surface area contributed by atoms with Gasteiger partial charge in [0.25, 0.3) is 11.6 Å². The second-order valence-corrected chi connectivity index (χ2v) is 7.81. The third kappa shape index (κ3) is 4.32. The normalized spacial score (nSPS) is 15.7. The molecule has 3 heterocycles. The largest absolute Gasteiger partial charge is 0.349 e. The number of hydrogen-bond acceptors (Lipinski definition) is 5. The highest BCUT2D eigenvalue weighted by atomic mass is 16.5. The monoisotopic (exact) mass is 392 g/mol. The summed E-state index contributed by atoms with van der Waals surface area (Å²) < 4.78 is 5.40. The quantitative estimate of drug-likeness (QED) is 0.681. The summed E-state index contributed by atoms with van der Waals surface area (Å²) in [4.78, 5) is 20.3. The molecule has 1 saturated heterocycles. The Balaban J connectivity index is 1.55. The summed E-state index contributed by atoms with van der Waals surface area (Å²) in [7, 11) is 0. The minimum atomic E-state index is -0.0760. The number of likely N-dealkylation sites (tertiary alicyclic amines) is 1. The molecule has 1 amide bonds. The minimum absolute atomic E-state index is 0.0760. The number of piperidine rings is 1. The van der Waals surface area contributed by atoms with E-state index in [-0.39, 0.29) is 11.9 Å². The van der Waals surface area contributed by atoms with E-state index >= 15 is 0 Å². The number of pyridine rings is 1. The van der Waals surface area contributed by atoms with Gasteiger partial charge in [0.05, 0.1) is 22.3 Å². The maximum absolute atomic E-state index is 13.2. The van der Waals surface area contributed by atoms with Crippen molar-refractivity contribution in [2.75, 3.05) is 19.6 Å². The SMILES string of the molecule is CCCCN1CCC(NC(=O)c2cc(-c3ccccc3)nc3onc(C)c23)CC1. The van der Waals surface area contributed by atoms with E-state index < -0.39 is 0 Å². The van der Waals surface area contributed by atoms with Crippen LogP contribution in [0.4, 0.5) is 0 Å². The van der Waals surface area contributed by atoms with Crippen LogP contribution in [0.15, 0.2) is 40.9 Å². The average molecular weight is 393 g/mol. The number of unbranched alkanes of at least 4 members (excludes halogenated alkanes) is 1. The van der Waals surface area contributed by atoms with Crippen LogP contribution in [-0.4, -0.2) is 46.6 Å². The topological polar surface area (TPSA) is 71.3 Å². The number of fused-ring (bicyclic) bond motifs is 1. The van der Waals surface area contributed by atoms with Crippen molar-refractivity contribution in [2.24, 2.45) is 0 Å². The van der Waals surface area contributed by atoms with E-state index in [1.54, 1.807) is 0 Å². The highest BCUT2D eigenvalue weighted by Gasteiger charge is 2.24. The molecule has 0 aliphatic carbocycles. The third-order valence-corrected chi connectivity index (χ3v) is 5.68. The molecule has 4 rings (SSSR count). The summed E-state index contributed by atoms with van der Waals surface area (Å²) in [5, 5.41) is 7.97. The van der Waals surface area contributed by atoms with Gasteiger partial charge in [-0.2, -0.15) is 0 Å². The maximum Gasteiger partial charge on any atom is 0.259 e. The lowest BCUT2D eigenvalue weighted by Crippen LogP contribution is -2.44. The number of rotatable bonds is 6. The first kappa shape index (κ1) is 19.6. The van der Waals surface area contributed by atoms with Gasteiger partial charge in [0.1, 0.15) is 0 Å². The first-order chi connectivity index (χ1) is 14.2. The Kier molecular flexibility index (Phi) is 5.90. The lowest BCUT2D eigenvalue weighted by Gasteiger charge is -2.32. The molecular weight excluding hydrogens is 364 g/mol. The Bertz CT molecular complexity index is 975. The van der Waals surface area contributed by atoms with E-state index in [1.165, 1.54) is 12.8 Å². The Hall–Kier alpha value is -2.73. The van der Waals surface area contributed by atoms with Gasteiger partial charge in [0, 0.05) is 24.7 Å². The standard InChI is InChI=1S/C23H28N4O2/c1-3-4-12-27-13-10-18(11-14-27)24-22(28)19-15-20(17-8-6-5-7-9-17)25-23-21(19)16(2)26-29-23/h5-9,15,18H,3-4,10-14H2,1-2H3,(H,24,28). The second kappa shape index (κ2) is 8.74. The molecule has 6 heteroatoms. The molecule has 0 unspecified atom stereocenters. The van der Waals surface area contributed by atoms with E-state index in [9.17, 15) is 4.79 Å². The number of carbonyl (C=O) groups excluding carboxylic acids is 1. The van der Waals surface area contributed by atoms with E-state index in [4.69, 9.17) is 4.52 Å². The zero-order chi connectivity index (χ0) is 20.2. The molecule has 1 fully saturated rings. The fraction of sp³-hybridized carbons (Fsp3) is 0.435. The molecule has 0 saturated carbocycles. The number of aryl methyl sites for hydroxylation is 1. The van der Waals surface area contributed by atoms with Crippen LogP contribution < -0.4 is 5.32 Å². The van der Waals surface area contributed by atoms with Crippen LogP contribution in [0.1, 0.15) is 48.7 Å². The molecule has 29 heavy (non-hydrogen) atoms. The van der Waals surface area contributed by atoms with Crippen LogP contribution in [0.5, 0.6) is 0 Å². The van der Waals surface area contributed by atoms with Crippen LogP contribution in [0, 0.1) is 6.92 Å². The van der Waals surface area contributed by atoms with Gasteiger partial charge >= 0.3 is 0 Å². The van der Waals surface area contributed by atoms with Crippen molar-refractivity contribution in [3.8, 4) is 11.3 Å². The first-order valence-corrected chi connectivity index (χ1v) is 10.5. The van der Waals surface area contributed by atoms with Gasteiger partial charge in [-0.3, -0.25) is 4.79 Å². The molecule has 1 N–H and O–H groups in total. The molecule has 1 aliphatic heterocycles. The first-order valence-electron chi connectivity index (χ1n) is 10.5. The summed E-state index contributed by atoms with van der Waals surface area (Å²) in [5.74, 6) is -0.0760. The van der Waals surface area contributed by atoms with Gasteiger partial charge in [0.2, 0.25) is 0 Å². The molecule has 0 radical (unpaired) electrons. The number of amides is 1. The molecule has 1 aliphatic rings. The summed E-state index contributed by atoms with van der Waals surface area (Å²) in [6.07, 6.45) is 4.42. The second-order valence-electron chi connectivity index (χ2n) is 7.81. The Morgan fingerprint density at radius 2 is 2.00 bits per heavy atom. The highest BCUT2D eigenvalue weighted by Crippen LogP contribution is 2.27. The van der Waals surface area contributed by atoms with Crippen LogP contribution in [0.3, 0.4) is 0 Å². The number of nitrogens with zero attached hydrogens (tertiary/aromatic N) is 3. The number of hydrogen-bond donors (Lipinski definition) is 1. The Labute approximate surface area is 171 Å². The molecule has 1 aromatic carbocycles. The molecular formula is C23H28N4O2. The van der Waals surface area contributed by atoms with Crippen molar-refractivity contribution in [2.45, 2.75) is 45.6 Å². The highest BCUT2D eigenvalue weighted by molar-refractivity contribution is 6.07. The summed E-state index contributed by atoms with van der Waals surface area (Å²) in [5.41, 5.74) is 3.34. The third-order valence-electron chi connectivity index (χ3n) is 5.68. The lowest BCUT2D eigenvalue weighted by molar-refractivity contribution is 0.0912. The average Bonchev–Trinajstić information content (AvgIpc) is 3.14. The minimum Gasteiger partial charge on any atom is -0.349 e. The molecule has 2 aromatic heterocycles. The van der Waals surface area contributed by atoms with E-state index in [2.05, 4.69) is 27.3 Å². The fourth-order valence-corrected chi connectivity index (χ4v) is 3.98. The van der Waals surface area contributed by atoms with Crippen molar-refractivity contribution in [1.29, 1.82) is 0 Å². The predicted octanol–water partition coefficient (Wildman–Crippen LogP) is 4.19. The van der Waals surface area contributed by atoms with Crippen molar-refractivity contribution >= 4 is 17.0 Å². The van der Waals surface area contributed by atoms with E-state index in [1.807, 2.05) is 43.3 Å². The van der Waals surface area contributed by atoms with Crippen LogP contribution in [0.25, 0.3) is 22.4 Å². The predicted molar refractivity (Wildman–Crippen MR) is 114 cm³/mol. The molecule has 0 bridgehead atoms. The van der Waals surface area contributed by atoms with E-state index in [0.29, 0.717) is 28.1 Å². The molecule has 152 valence electrons. The number of carbonyl (C=O) groups is 1. The zero-order valence-corrected chi connectivity index (χ0v) is 17.1. The lowest BCUT2D eigenvalue weighted by atomic mass is 10.0. The number of nitrogens with one attached hydrogen (secondary N) is 1. The fourth-order valence-electron chi connectivity index (χ4n) is 3.98. The summed E-state index contributed by atoms with van der Waals surface area (Å²) >= 11 is 0. The van der Waals surface area contributed by atoms with Crippen LogP contribution in [0.2, 0.25) is 0 Å². The van der Waals surface area contributed by atoms with Gasteiger partial charge in [-0.15, -0.1) is 0 Å². The summed E-state index contributed by atoms with van der Waals surface area (Å²) in [6, 6.07) is 11.9. The summed E-state index contributed by atoms with van der Waals surface area (Å²) in [6.45, 7) is 7.30. The van der Waals surface area contributed by atoms with Crippen LogP contribution >= 0.6 is 0 Å². The number of benzene rings is 1. The molecule has 3 aromatic rings. The van der Waals surface area contributed by atoms with Crippen molar-refractivity contribution in [1.82, 2.24) is 20.4 Å². The van der Waals surface area contributed by atoms with Crippen molar-refractivity contribution < 1.29 is 9.32 Å². The van der Waals surface area contributed by atoms with Gasteiger partial charge in [-0.05, 0) is 38.8 Å². The maximum atomic E-state index is 13.2. The molecule has 0 atom stereocenters. The van der Waals surface area contributed by atoms with E-state index in [0.717, 1.165) is 38.0 Å². The zero-order valence-electron chi connectivity index (χ0n) is 17.1. The molecule has 0 spiro atoms. The van der Waals surface area contributed by atoms with Crippen LogP contribution in [-0.2, 0) is 0 Å². The smallest absolute Gasteiger partial charge is 0.259 e. The Morgan fingerprint density at radius 1 is 1.24 bits per heavy atom. The van der Waals surface area contributed by atoms with Gasteiger partial charge < -0.3 is 14.7 Å². The van der Waals surface area contributed by atoms with Gasteiger partial charge in [-0.25, -0.2) is 4.98 Å². The Morgan fingerprint density at radius 3 is 2.72 bits per heavy atom. The van der Waals surface area contributed by atoms with Crippen molar-refractivity contribution in [3.63, 3.8) is 0 Å². The number of aromatic nitrogens is 2. The molecule has 6 nitrogen and oxygen atoms in total.